The van der Waals surface area contributed by atoms with Crippen LogP contribution in [0.3, 0.4) is 0 Å². The van der Waals surface area contributed by atoms with E-state index < -0.39 is 43.2 Å². The Kier molecular flexibility index (Phi) is 14.2. The van der Waals surface area contributed by atoms with E-state index in [9.17, 15) is 36.5 Å². The minimum Gasteiger partial charge on any atom is -0.455 e. The van der Waals surface area contributed by atoms with Gasteiger partial charge in [-0.15, -0.1) is 0 Å². The van der Waals surface area contributed by atoms with Crippen LogP contribution >= 0.6 is 0 Å². The van der Waals surface area contributed by atoms with E-state index in [2.05, 4.69) is 62.4 Å². The molecule has 3 heterocycles. The van der Waals surface area contributed by atoms with Crippen LogP contribution in [0.2, 0.25) is 0 Å². The quantitative estimate of drug-likeness (QED) is 0.0462. The minimum atomic E-state index is -4.60. The molecule has 0 unspecified atom stereocenters. The maximum absolute atomic E-state index is 13.9. The fourth-order valence-electron chi connectivity index (χ4n) is 8.47. The summed E-state index contributed by atoms with van der Waals surface area (Å²) >= 11 is 0. The highest BCUT2D eigenvalue weighted by molar-refractivity contribution is 7.90. The molecule has 2 aromatic heterocycles. The van der Waals surface area contributed by atoms with Crippen molar-refractivity contribution in [1.29, 1.82) is 0 Å². The first-order valence-corrected chi connectivity index (χ1v) is 23.3. The van der Waals surface area contributed by atoms with Gasteiger partial charge < -0.3 is 24.8 Å². The summed E-state index contributed by atoms with van der Waals surface area (Å²) < 4.78 is 75.8. The number of nitrogens with one attached hydrogen (secondary N) is 3. The molecule has 1 saturated heterocycles. The first-order valence-electron chi connectivity index (χ1n) is 21.9. The first-order chi connectivity index (χ1) is 30.9. The van der Waals surface area contributed by atoms with Crippen molar-refractivity contribution >= 4 is 49.6 Å². The van der Waals surface area contributed by atoms with Crippen molar-refractivity contribution < 1.29 is 36.0 Å². The van der Waals surface area contributed by atoms with Crippen LogP contribution in [-0.4, -0.2) is 97.9 Å². The second-order valence-electron chi connectivity index (χ2n) is 17.3. The summed E-state index contributed by atoms with van der Waals surface area (Å²) in [6.07, 6.45) is 2.13. The molecule has 1 aliphatic heterocycles. The van der Waals surface area contributed by atoms with E-state index in [0.717, 1.165) is 85.7 Å². The molecule has 3 N–H and O–H groups in total. The summed E-state index contributed by atoms with van der Waals surface area (Å²) in [5, 5.41) is 15.9. The van der Waals surface area contributed by atoms with E-state index in [0.29, 0.717) is 50.7 Å². The van der Waals surface area contributed by atoms with Gasteiger partial charge in [-0.3, -0.25) is 19.8 Å². The molecule has 1 aliphatic carbocycles. The lowest BCUT2D eigenvalue weighted by molar-refractivity contribution is -0.384. The minimum absolute atomic E-state index is 0.0194. The number of sulfonamides is 1. The van der Waals surface area contributed by atoms with Gasteiger partial charge in [0, 0.05) is 68.7 Å². The Morgan fingerprint density at radius 2 is 1.74 bits per heavy atom. The van der Waals surface area contributed by atoms with Crippen molar-refractivity contribution in [2.24, 2.45) is 5.41 Å². The van der Waals surface area contributed by atoms with Gasteiger partial charge in [0.05, 0.1) is 27.1 Å². The summed E-state index contributed by atoms with van der Waals surface area (Å²) in [4.78, 5) is 39.0. The Morgan fingerprint density at radius 1 is 1.00 bits per heavy atom. The number of anilines is 2. The van der Waals surface area contributed by atoms with E-state index >= 15 is 0 Å². The van der Waals surface area contributed by atoms with Crippen molar-refractivity contribution in [3.63, 3.8) is 0 Å². The van der Waals surface area contributed by atoms with Crippen LogP contribution in [0.5, 0.6) is 11.5 Å². The van der Waals surface area contributed by atoms with E-state index in [1.807, 2.05) is 6.07 Å². The number of nitro benzene ring substituents is 1. The smallest absolute Gasteiger partial charge is 0.416 e. The Balaban J connectivity index is 1.08. The van der Waals surface area contributed by atoms with Gasteiger partial charge in [0.25, 0.3) is 21.6 Å². The molecule has 3 aromatic carbocycles. The first kappa shape index (κ1) is 47.0. The molecule has 0 saturated carbocycles. The van der Waals surface area contributed by atoms with Gasteiger partial charge in [-0.25, -0.2) is 18.1 Å². The van der Waals surface area contributed by atoms with Gasteiger partial charge >= 0.3 is 6.18 Å². The number of hydrogen-bond acceptors (Lipinski definition) is 11. The third-order valence-electron chi connectivity index (χ3n) is 12.3. The van der Waals surface area contributed by atoms with Gasteiger partial charge in [0.15, 0.2) is 0 Å². The summed E-state index contributed by atoms with van der Waals surface area (Å²) in [6.45, 7) is 14.8. The zero-order valence-corrected chi connectivity index (χ0v) is 37.8. The lowest BCUT2D eigenvalue weighted by atomic mass is 9.72. The topological polar surface area (TPSA) is 166 Å². The van der Waals surface area contributed by atoms with Crippen LogP contribution in [0.4, 0.5) is 30.2 Å². The van der Waals surface area contributed by atoms with E-state index in [1.165, 1.54) is 30.0 Å². The number of allylic oxidation sites excluding steroid dienone is 1. The number of amides is 1. The van der Waals surface area contributed by atoms with Gasteiger partial charge in [0.2, 0.25) is 0 Å². The van der Waals surface area contributed by atoms with Crippen LogP contribution in [0.25, 0.3) is 16.6 Å². The number of pyridine rings is 1. The number of ether oxygens (including phenoxy) is 1. The van der Waals surface area contributed by atoms with Crippen LogP contribution in [0.1, 0.15) is 74.9 Å². The summed E-state index contributed by atoms with van der Waals surface area (Å²) in [7, 11) is -4.60. The number of fused-ring (bicyclic) bond motifs is 1. The standard InChI is InChI=1S/C47H55F3N8O6S/c1-5-55(6-2)21-7-19-51-41-15-13-38(28-42(41)58(60)61)65(62,63)54-45(59)39-14-12-36(27-43(39)64-37-26-33-17-20-52-44(33)53-30-37)57-24-22-56(23-25-57)31-34-16-18-46(3,4)29-40(34)32-8-10-35(11-9-32)47(48,49)50/h8-15,17,20,26-28,30,51H,5-7,16,18-19,21-25,29,31H2,1-4H3,(H,52,53)(H,54,59). The molecule has 14 nitrogen and oxygen atoms in total. The molecule has 1 amide bonds. The monoisotopic (exact) mass is 916 g/mol. The van der Waals surface area contributed by atoms with E-state index in [1.54, 1.807) is 36.5 Å². The molecule has 346 valence electrons. The molecular formula is C47H55F3N8O6S. The normalized spacial score (nSPS) is 16.0. The number of piperazine rings is 1. The number of carbonyl (C=O) groups is 1. The number of carbonyl (C=O) groups excluding carboxylic acids is 1. The molecule has 65 heavy (non-hydrogen) atoms. The Bertz CT molecular complexity index is 2660. The van der Waals surface area contributed by atoms with Gasteiger partial charge in [-0.05, 0) is 110 Å². The van der Waals surface area contributed by atoms with Crippen LogP contribution in [0.15, 0.2) is 95.7 Å². The number of benzene rings is 3. The average molecular weight is 917 g/mol. The third kappa shape index (κ3) is 11.5. The van der Waals surface area contributed by atoms with E-state index in [4.69, 9.17) is 4.74 Å². The van der Waals surface area contributed by atoms with Crippen LogP contribution in [0, 0.1) is 15.5 Å². The van der Waals surface area contributed by atoms with Gasteiger partial charge in [-0.1, -0.05) is 45.4 Å². The fourth-order valence-corrected chi connectivity index (χ4v) is 9.46. The summed E-state index contributed by atoms with van der Waals surface area (Å²) in [5.74, 6) is -0.624. The highest BCUT2D eigenvalue weighted by atomic mass is 32.2. The van der Waals surface area contributed by atoms with Crippen molar-refractivity contribution in [1.82, 2.24) is 24.5 Å². The maximum Gasteiger partial charge on any atom is 0.416 e. The number of aromatic amines is 1. The SMILES string of the molecule is CCN(CC)CCCNc1ccc(S(=O)(=O)NC(=O)c2ccc(N3CCN(CC4=C(c5ccc(C(F)(F)F)cc5)CC(C)(C)CC4)CC3)cc2Oc2cnc3[nH]ccc3c2)cc1[N+](=O)[O-]. The highest BCUT2D eigenvalue weighted by Crippen LogP contribution is 2.44. The maximum atomic E-state index is 13.9. The third-order valence-corrected chi connectivity index (χ3v) is 13.6. The second-order valence-corrected chi connectivity index (χ2v) is 19.0. The highest BCUT2D eigenvalue weighted by Gasteiger charge is 2.33. The van der Waals surface area contributed by atoms with Crippen molar-refractivity contribution in [3.8, 4) is 11.5 Å². The van der Waals surface area contributed by atoms with E-state index in [-0.39, 0.29) is 22.4 Å². The molecule has 0 atom stereocenters. The fraction of sp³-hybridized carbons (Fsp3) is 0.404. The molecule has 18 heteroatoms. The van der Waals surface area contributed by atoms with Crippen molar-refractivity contribution in [2.45, 2.75) is 64.5 Å². The molecule has 2 aliphatic rings. The van der Waals surface area contributed by atoms with Crippen LogP contribution < -0.4 is 19.7 Å². The largest absolute Gasteiger partial charge is 0.455 e. The Hall–Kier alpha value is -5.98. The summed E-state index contributed by atoms with van der Waals surface area (Å²) in [6, 6.07) is 17.4. The number of halogens is 3. The Morgan fingerprint density at radius 3 is 2.43 bits per heavy atom. The lowest BCUT2D eigenvalue weighted by Crippen LogP contribution is -2.47. The molecule has 7 rings (SSSR count). The Labute approximate surface area is 377 Å². The molecule has 0 bridgehead atoms. The number of nitrogens with zero attached hydrogens (tertiary/aromatic N) is 5. The molecular weight excluding hydrogens is 862 g/mol. The predicted molar refractivity (Wildman–Crippen MR) is 246 cm³/mol. The number of H-pyrrole nitrogens is 1. The number of nitro groups is 1. The zero-order valence-electron chi connectivity index (χ0n) is 37.0. The molecule has 5 aromatic rings. The number of rotatable bonds is 17. The summed E-state index contributed by atoms with van der Waals surface area (Å²) in [5.41, 5.74) is 3.50. The molecule has 0 radical (unpaired) electrons. The number of hydrogen-bond donors (Lipinski definition) is 3. The van der Waals surface area contributed by atoms with Gasteiger partial charge in [-0.2, -0.15) is 13.2 Å². The molecule has 1 fully saturated rings. The van der Waals surface area contributed by atoms with Crippen molar-refractivity contribution in [3.05, 3.63) is 118 Å². The van der Waals surface area contributed by atoms with Crippen LogP contribution in [-0.2, 0) is 16.2 Å². The predicted octanol–water partition coefficient (Wildman–Crippen LogP) is 9.33. The zero-order chi connectivity index (χ0) is 46.5. The molecule has 0 spiro atoms. The average Bonchev–Trinajstić information content (AvgIpc) is 3.75. The van der Waals surface area contributed by atoms with Gasteiger partial charge in [0.1, 0.15) is 22.8 Å². The van der Waals surface area contributed by atoms with Crippen molar-refractivity contribution in [2.75, 3.05) is 69.1 Å². The number of aromatic nitrogens is 2. The lowest BCUT2D eigenvalue weighted by Gasteiger charge is -2.39. The second kappa shape index (κ2) is 19.6. The number of alkyl halides is 3.